The van der Waals surface area contributed by atoms with Gasteiger partial charge in [-0.1, -0.05) is 20.3 Å². The fourth-order valence-electron chi connectivity index (χ4n) is 1.62. The minimum absolute atomic E-state index is 0.342. The van der Waals surface area contributed by atoms with E-state index in [1.807, 2.05) is 25.5 Å². The zero-order chi connectivity index (χ0) is 13.6. The van der Waals surface area contributed by atoms with Crippen molar-refractivity contribution in [2.45, 2.75) is 38.1 Å². The highest BCUT2D eigenvalue weighted by atomic mass is 32.2. The second-order valence-corrected chi connectivity index (χ2v) is 6.08. The summed E-state index contributed by atoms with van der Waals surface area (Å²) in [5.74, 6) is 0. The quantitative estimate of drug-likeness (QED) is 0.700. The van der Waals surface area contributed by atoms with Crippen LogP contribution in [-0.4, -0.2) is 26.1 Å². The largest absolute Gasteiger partial charge is 0.352 e. The molecule has 5 nitrogen and oxygen atoms in total. The van der Waals surface area contributed by atoms with Gasteiger partial charge in [0.1, 0.15) is 0 Å². The fraction of sp³-hybridized carbons (Fsp3) is 0.667. The molecule has 0 aliphatic heterocycles. The molecule has 0 unspecified atom stereocenters. The molecule has 0 aromatic carbocycles. The molecule has 0 aliphatic carbocycles. The monoisotopic (exact) mass is 273 g/mol. The van der Waals surface area contributed by atoms with Crippen LogP contribution < -0.4 is 10.0 Å². The maximum absolute atomic E-state index is 12.0. The van der Waals surface area contributed by atoms with E-state index in [2.05, 4.69) is 10.0 Å². The normalized spacial score (nSPS) is 11.9. The molecule has 6 heteroatoms. The first-order chi connectivity index (χ1) is 8.51. The minimum Gasteiger partial charge on any atom is -0.352 e. The number of nitrogens with zero attached hydrogens (tertiary/aromatic N) is 1. The van der Waals surface area contributed by atoms with Crippen LogP contribution in [0.2, 0.25) is 0 Å². The van der Waals surface area contributed by atoms with E-state index >= 15 is 0 Å². The van der Waals surface area contributed by atoms with Crippen LogP contribution in [0.5, 0.6) is 0 Å². The number of hydrogen-bond donors (Lipinski definition) is 2. The van der Waals surface area contributed by atoms with Crippen LogP contribution in [-0.2, 0) is 23.6 Å². The van der Waals surface area contributed by atoms with E-state index in [4.69, 9.17) is 0 Å². The van der Waals surface area contributed by atoms with Crippen LogP contribution in [0, 0.1) is 0 Å². The summed E-state index contributed by atoms with van der Waals surface area (Å²) in [6.07, 6.45) is 3.49. The highest BCUT2D eigenvalue weighted by molar-refractivity contribution is 7.89. The van der Waals surface area contributed by atoms with Gasteiger partial charge in [-0.2, -0.15) is 0 Å². The Balaban J connectivity index is 2.76. The summed E-state index contributed by atoms with van der Waals surface area (Å²) in [7, 11) is -1.50. The summed E-state index contributed by atoms with van der Waals surface area (Å²) < 4.78 is 28.5. The lowest BCUT2D eigenvalue weighted by atomic mass is 10.3. The first-order valence-electron chi connectivity index (χ1n) is 6.37. The Kier molecular flexibility index (Phi) is 5.84. The summed E-state index contributed by atoms with van der Waals surface area (Å²) in [6, 6.07) is 1.72. The van der Waals surface area contributed by atoms with Crippen LogP contribution >= 0.6 is 0 Å². The fourth-order valence-corrected chi connectivity index (χ4v) is 2.79. The lowest BCUT2D eigenvalue weighted by Crippen LogP contribution is -2.24. The van der Waals surface area contributed by atoms with Gasteiger partial charge in [-0.3, -0.25) is 0 Å². The van der Waals surface area contributed by atoms with Gasteiger partial charge in [-0.05, 0) is 19.0 Å². The van der Waals surface area contributed by atoms with Gasteiger partial charge in [-0.25, -0.2) is 13.1 Å². The van der Waals surface area contributed by atoms with E-state index in [9.17, 15) is 8.42 Å². The average molecular weight is 273 g/mol. The number of unbranched alkanes of at least 4 members (excludes halogenated alkanes) is 1. The van der Waals surface area contributed by atoms with Crippen molar-refractivity contribution < 1.29 is 8.42 Å². The van der Waals surface area contributed by atoms with Crippen molar-refractivity contribution >= 4 is 10.0 Å². The molecule has 1 heterocycles. The SMILES string of the molecule is CCCCNS(=O)(=O)c1cc(CNCC)n(C)c1. The standard InChI is InChI=1S/C12H23N3O2S/c1-4-6-7-14-18(16,17)12-8-11(9-13-5-2)15(3)10-12/h8,10,13-14H,4-7,9H2,1-3H3. The van der Waals surface area contributed by atoms with Crippen LogP contribution in [0.1, 0.15) is 32.4 Å². The molecule has 0 saturated carbocycles. The molecule has 0 spiro atoms. The maximum atomic E-state index is 12.0. The summed E-state index contributed by atoms with van der Waals surface area (Å²) >= 11 is 0. The Morgan fingerprint density at radius 3 is 2.67 bits per heavy atom. The van der Waals surface area contributed by atoms with Crippen molar-refractivity contribution in [2.75, 3.05) is 13.1 Å². The van der Waals surface area contributed by atoms with Crippen molar-refractivity contribution in [1.82, 2.24) is 14.6 Å². The van der Waals surface area contributed by atoms with Crippen LogP contribution in [0.25, 0.3) is 0 Å². The third-order valence-electron chi connectivity index (χ3n) is 2.77. The summed E-state index contributed by atoms with van der Waals surface area (Å²) in [5, 5.41) is 3.19. The molecular weight excluding hydrogens is 250 g/mol. The molecule has 0 saturated heterocycles. The van der Waals surface area contributed by atoms with E-state index in [1.165, 1.54) is 0 Å². The molecular formula is C12H23N3O2S. The predicted molar refractivity (Wildman–Crippen MR) is 72.9 cm³/mol. The van der Waals surface area contributed by atoms with E-state index < -0.39 is 10.0 Å². The Morgan fingerprint density at radius 2 is 2.06 bits per heavy atom. The smallest absolute Gasteiger partial charge is 0.242 e. The van der Waals surface area contributed by atoms with Crippen molar-refractivity contribution in [3.05, 3.63) is 18.0 Å². The van der Waals surface area contributed by atoms with Gasteiger partial charge in [0.05, 0.1) is 4.90 Å². The van der Waals surface area contributed by atoms with E-state index in [1.54, 1.807) is 12.3 Å². The van der Waals surface area contributed by atoms with Crippen molar-refractivity contribution in [1.29, 1.82) is 0 Å². The van der Waals surface area contributed by atoms with Gasteiger partial charge in [0.2, 0.25) is 10.0 Å². The third-order valence-corrected chi connectivity index (χ3v) is 4.20. The van der Waals surface area contributed by atoms with Crippen molar-refractivity contribution in [3.8, 4) is 0 Å². The summed E-state index contributed by atoms with van der Waals surface area (Å²) in [6.45, 7) is 6.09. The van der Waals surface area contributed by atoms with Gasteiger partial charge in [-0.15, -0.1) is 0 Å². The van der Waals surface area contributed by atoms with E-state index in [0.29, 0.717) is 18.0 Å². The lowest BCUT2D eigenvalue weighted by molar-refractivity contribution is 0.578. The first-order valence-corrected chi connectivity index (χ1v) is 7.85. The number of nitrogens with one attached hydrogen (secondary N) is 2. The zero-order valence-corrected chi connectivity index (χ0v) is 12.2. The second kappa shape index (κ2) is 6.92. The zero-order valence-electron chi connectivity index (χ0n) is 11.4. The molecule has 1 rings (SSSR count). The van der Waals surface area contributed by atoms with E-state index in [0.717, 1.165) is 25.1 Å². The molecule has 0 amide bonds. The summed E-state index contributed by atoms with van der Waals surface area (Å²) in [5.41, 5.74) is 0.965. The van der Waals surface area contributed by atoms with Gasteiger partial charge in [0.25, 0.3) is 0 Å². The topological polar surface area (TPSA) is 63.1 Å². The predicted octanol–water partition coefficient (Wildman–Crippen LogP) is 1.21. The molecule has 1 aromatic heterocycles. The van der Waals surface area contributed by atoms with Crippen molar-refractivity contribution in [2.24, 2.45) is 7.05 Å². The highest BCUT2D eigenvalue weighted by Gasteiger charge is 2.16. The number of rotatable bonds is 8. The molecule has 2 N–H and O–H groups in total. The van der Waals surface area contributed by atoms with Gasteiger partial charge < -0.3 is 9.88 Å². The van der Waals surface area contributed by atoms with Crippen LogP contribution in [0.4, 0.5) is 0 Å². The molecule has 0 aliphatic rings. The number of sulfonamides is 1. The first kappa shape index (κ1) is 15.2. The minimum atomic E-state index is -3.36. The molecule has 104 valence electrons. The number of aryl methyl sites for hydroxylation is 1. The molecule has 1 aromatic rings. The third kappa shape index (κ3) is 4.12. The molecule has 0 radical (unpaired) electrons. The average Bonchev–Trinajstić information content (AvgIpc) is 2.69. The van der Waals surface area contributed by atoms with Crippen LogP contribution in [0.15, 0.2) is 17.2 Å². The van der Waals surface area contributed by atoms with Crippen LogP contribution in [0.3, 0.4) is 0 Å². The molecule has 0 bridgehead atoms. The molecule has 18 heavy (non-hydrogen) atoms. The maximum Gasteiger partial charge on any atom is 0.242 e. The summed E-state index contributed by atoms with van der Waals surface area (Å²) in [4.78, 5) is 0.342. The number of aromatic nitrogens is 1. The Labute approximate surface area is 110 Å². The van der Waals surface area contributed by atoms with Gasteiger partial charge in [0.15, 0.2) is 0 Å². The van der Waals surface area contributed by atoms with E-state index in [-0.39, 0.29) is 0 Å². The Hall–Kier alpha value is -0.850. The van der Waals surface area contributed by atoms with Crippen molar-refractivity contribution in [3.63, 3.8) is 0 Å². The molecule has 0 atom stereocenters. The second-order valence-electron chi connectivity index (χ2n) is 4.31. The van der Waals surface area contributed by atoms with Gasteiger partial charge >= 0.3 is 0 Å². The molecule has 0 fully saturated rings. The van der Waals surface area contributed by atoms with Gasteiger partial charge in [0, 0.05) is 32.0 Å². The lowest BCUT2D eigenvalue weighted by Gasteiger charge is -2.03. The Morgan fingerprint density at radius 1 is 1.33 bits per heavy atom. The highest BCUT2D eigenvalue weighted by Crippen LogP contribution is 2.13. The Bertz CT molecular complexity index is 466. The number of hydrogen-bond acceptors (Lipinski definition) is 3.